The Bertz CT molecular complexity index is 887. The molecule has 0 aliphatic rings. The summed E-state index contributed by atoms with van der Waals surface area (Å²) in [5.41, 5.74) is 1.12. The fourth-order valence-electron chi connectivity index (χ4n) is 2.43. The molecule has 1 N–H and O–H groups in total. The van der Waals surface area contributed by atoms with Crippen molar-refractivity contribution >= 4 is 24.4 Å². The molecule has 0 atom stereocenters. The summed E-state index contributed by atoms with van der Waals surface area (Å²) in [5, 5.41) is 3.22. The highest BCUT2D eigenvalue weighted by Crippen LogP contribution is 2.08. The molecule has 26 heavy (non-hydrogen) atoms. The summed E-state index contributed by atoms with van der Waals surface area (Å²) in [6, 6.07) is 19.9. The van der Waals surface area contributed by atoms with Crippen LogP contribution in [-0.4, -0.2) is 39.9 Å². The molecule has 2 aromatic carbocycles. The standard InChI is InChI=1S/C20H22N4OS/c1-23(14-15-25-18-10-6-3-7-11-18)16-24-20(26)21-19(22-24)13-12-17-8-4-2-5-9-17/h2-13H,14-16H2,1H3,(H,21,22,26)/b13-12+. The predicted octanol–water partition coefficient (Wildman–Crippen LogP) is 4.08. The van der Waals surface area contributed by atoms with Crippen LogP contribution in [0.5, 0.6) is 5.75 Å². The van der Waals surface area contributed by atoms with Crippen molar-refractivity contribution in [1.29, 1.82) is 0 Å². The number of nitrogens with one attached hydrogen (secondary N) is 1. The maximum Gasteiger partial charge on any atom is 0.217 e. The van der Waals surface area contributed by atoms with Crippen LogP contribution in [0.3, 0.4) is 0 Å². The van der Waals surface area contributed by atoms with Gasteiger partial charge in [0.1, 0.15) is 18.2 Å². The van der Waals surface area contributed by atoms with Gasteiger partial charge in [-0.25, -0.2) is 4.68 Å². The second kappa shape index (κ2) is 9.12. The fourth-order valence-corrected chi connectivity index (χ4v) is 2.63. The Morgan fingerprint density at radius 1 is 1.08 bits per heavy atom. The number of hydrogen-bond acceptors (Lipinski definition) is 4. The van der Waals surface area contributed by atoms with Crippen LogP contribution in [-0.2, 0) is 6.67 Å². The van der Waals surface area contributed by atoms with E-state index in [1.165, 1.54) is 0 Å². The number of benzene rings is 2. The van der Waals surface area contributed by atoms with Gasteiger partial charge in [0.2, 0.25) is 4.77 Å². The Balaban J connectivity index is 1.52. The first-order chi connectivity index (χ1) is 12.7. The molecule has 5 nitrogen and oxygen atoms in total. The normalized spacial score (nSPS) is 11.3. The van der Waals surface area contributed by atoms with Crippen LogP contribution in [0.4, 0.5) is 0 Å². The van der Waals surface area contributed by atoms with E-state index in [-0.39, 0.29) is 0 Å². The molecule has 1 aromatic heterocycles. The van der Waals surface area contributed by atoms with Crippen molar-refractivity contribution < 1.29 is 4.74 Å². The molecule has 0 fully saturated rings. The van der Waals surface area contributed by atoms with Crippen LogP contribution in [0.1, 0.15) is 11.4 Å². The van der Waals surface area contributed by atoms with Gasteiger partial charge in [0.25, 0.3) is 0 Å². The number of rotatable bonds is 8. The Kier molecular flexibility index (Phi) is 6.35. The van der Waals surface area contributed by atoms with Gasteiger partial charge >= 0.3 is 0 Å². The summed E-state index contributed by atoms with van der Waals surface area (Å²) in [4.78, 5) is 6.51. The lowest BCUT2D eigenvalue weighted by atomic mass is 10.2. The molecule has 0 aliphatic heterocycles. The number of nitrogens with zero attached hydrogens (tertiary/aromatic N) is 3. The zero-order valence-corrected chi connectivity index (χ0v) is 15.5. The number of likely N-dealkylation sites (N-methyl/N-ethyl adjacent to an activating group) is 1. The minimum Gasteiger partial charge on any atom is -0.492 e. The molecule has 1 heterocycles. The van der Waals surface area contributed by atoms with Crippen LogP contribution in [0.25, 0.3) is 12.2 Å². The fraction of sp³-hybridized carbons (Fsp3) is 0.200. The van der Waals surface area contributed by atoms with Gasteiger partial charge in [0.05, 0.1) is 6.67 Å². The number of aromatic nitrogens is 3. The van der Waals surface area contributed by atoms with Crippen molar-refractivity contribution in [2.75, 3.05) is 20.2 Å². The maximum absolute atomic E-state index is 5.72. The van der Waals surface area contributed by atoms with Gasteiger partial charge in [0.15, 0.2) is 0 Å². The third-order valence-electron chi connectivity index (χ3n) is 3.80. The summed E-state index contributed by atoms with van der Waals surface area (Å²) in [6.45, 7) is 2.02. The van der Waals surface area contributed by atoms with Crippen LogP contribution >= 0.6 is 12.2 Å². The molecule has 0 unspecified atom stereocenters. The highest BCUT2D eigenvalue weighted by Gasteiger charge is 2.04. The number of ether oxygens (including phenoxy) is 1. The number of hydrogen-bond donors (Lipinski definition) is 1. The maximum atomic E-state index is 5.72. The number of H-pyrrole nitrogens is 1. The molecule has 0 spiro atoms. The van der Waals surface area contributed by atoms with Crippen molar-refractivity contribution in [3.05, 3.63) is 76.8 Å². The monoisotopic (exact) mass is 366 g/mol. The average Bonchev–Trinajstić information content (AvgIpc) is 3.01. The molecule has 0 saturated carbocycles. The minimum atomic E-state index is 0.536. The van der Waals surface area contributed by atoms with E-state index in [2.05, 4.69) is 15.0 Å². The molecule has 3 aromatic rings. The molecular weight excluding hydrogens is 344 g/mol. The van der Waals surface area contributed by atoms with E-state index in [9.17, 15) is 0 Å². The first-order valence-electron chi connectivity index (χ1n) is 8.47. The number of para-hydroxylation sites is 1. The van der Waals surface area contributed by atoms with Gasteiger partial charge < -0.3 is 4.74 Å². The average molecular weight is 366 g/mol. The SMILES string of the molecule is CN(CCOc1ccccc1)Cn1[nH]c(/C=C/c2ccccc2)nc1=S. The van der Waals surface area contributed by atoms with Gasteiger partial charge in [-0.3, -0.25) is 10.00 Å². The molecule has 134 valence electrons. The lowest BCUT2D eigenvalue weighted by molar-refractivity contribution is 0.198. The third kappa shape index (κ3) is 5.40. The van der Waals surface area contributed by atoms with E-state index in [4.69, 9.17) is 17.0 Å². The minimum absolute atomic E-state index is 0.536. The molecule has 0 radical (unpaired) electrons. The lowest BCUT2D eigenvalue weighted by Crippen LogP contribution is -2.27. The molecular formula is C20H22N4OS. The topological polar surface area (TPSA) is 46.1 Å². The van der Waals surface area contributed by atoms with E-state index >= 15 is 0 Å². The highest BCUT2D eigenvalue weighted by molar-refractivity contribution is 7.71. The summed E-state index contributed by atoms with van der Waals surface area (Å²) >= 11 is 5.34. The Labute approximate surface area is 158 Å². The van der Waals surface area contributed by atoms with Crippen molar-refractivity contribution in [1.82, 2.24) is 19.7 Å². The van der Waals surface area contributed by atoms with Crippen molar-refractivity contribution in [3.8, 4) is 5.75 Å². The second-order valence-electron chi connectivity index (χ2n) is 5.95. The van der Waals surface area contributed by atoms with Crippen LogP contribution in [0.2, 0.25) is 0 Å². The van der Waals surface area contributed by atoms with E-state index in [1.807, 2.05) is 84.5 Å². The quantitative estimate of drug-likeness (QED) is 0.610. The Morgan fingerprint density at radius 2 is 1.77 bits per heavy atom. The second-order valence-corrected chi connectivity index (χ2v) is 6.31. The number of aromatic amines is 1. The summed E-state index contributed by atoms with van der Waals surface area (Å²) < 4.78 is 8.11. The summed E-state index contributed by atoms with van der Waals surface area (Å²) in [7, 11) is 2.02. The summed E-state index contributed by atoms with van der Waals surface area (Å²) in [6.07, 6.45) is 3.94. The smallest absolute Gasteiger partial charge is 0.217 e. The zero-order chi connectivity index (χ0) is 18.2. The zero-order valence-electron chi connectivity index (χ0n) is 14.7. The van der Waals surface area contributed by atoms with E-state index in [0.29, 0.717) is 18.0 Å². The third-order valence-corrected chi connectivity index (χ3v) is 4.11. The van der Waals surface area contributed by atoms with Gasteiger partial charge in [0, 0.05) is 6.54 Å². The van der Waals surface area contributed by atoms with Gasteiger partial charge in [-0.2, -0.15) is 4.98 Å². The molecule has 6 heteroatoms. The summed E-state index contributed by atoms with van der Waals surface area (Å²) in [5.74, 6) is 1.63. The van der Waals surface area contributed by atoms with Gasteiger partial charge in [-0.15, -0.1) is 0 Å². The highest BCUT2D eigenvalue weighted by atomic mass is 32.1. The van der Waals surface area contributed by atoms with Gasteiger partial charge in [-0.05, 0) is 43.0 Å². The van der Waals surface area contributed by atoms with Gasteiger partial charge in [-0.1, -0.05) is 54.6 Å². The molecule has 0 bridgehead atoms. The van der Waals surface area contributed by atoms with Crippen molar-refractivity contribution in [2.24, 2.45) is 0 Å². The predicted molar refractivity (Wildman–Crippen MR) is 107 cm³/mol. The lowest BCUT2D eigenvalue weighted by Gasteiger charge is -2.17. The van der Waals surface area contributed by atoms with Crippen LogP contribution < -0.4 is 4.74 Å². The van der Waals surface area contributed by atoms with E-state index < -0.39 is 0 Å². The molecule has 3 rings (SSSR count). The first kappa shape index (κ1) is 18.1. The largest absolute Gasteiger partial charge is 0.492 e. The molecule has 0 aliphatic carbocycles. The molecule has 0 amide bonds. The molecule has 0 saturated heterocycles. The Hall–Kier alpha value is -2.70. The van der Waals surface area contributed by atoms with Crippen molar-refractivity contribution in [3.63, 3.8) is 0 Å². The first-order valence-corrected chi connectivity index (χ1v) is 8.88. The Morgan fingerprint density at radius 3 is 2.50 bits per heavy atom. The van der Waals surface area contributed by atoms with E-state index in [1.54, 1.807) is 0 Å². The van der Waals surface area contributed by atoms with Crippen LogP contribution in [0, 0.1) is 4.77 Å². The van der Waals surface area contributed by atoms with Crippen LogP contribution in [0.15, 0.2) is 60.7 Å². The van der Waals surface area contributed by atoms with Crippen molar-refractivity contribution in [2.45, 2.75) is 6.67 Å². The van der Waals surface area contributed by atoms with E-state index in [0.717, 1.165) is 23.7 Å².